The summed E-state index contributed by atoms with van der Waals surface area (Å²) in [5, 5.41) is 16.0. The molecule has 5 nitrogen and oxygen atoms in total. The van der Waals surface area contributed by atoms with Gasteiger partial charge in [-0.05, 0) is 47.9 Å². The molecule has 1 aliphatic heterocycles. The van der Waals surface area contributed by atoms with E-state index < -0.39 is 0 Å². The number of aromatic nitrogens is 2. The molecule has 3 aromatic rings. The SMILES string of the molecule is Cc1ccc(C(=O)N2CC(c3ccc(C#N)cc3)C2)cc1-c1cn[nH]c1Cl. The predicted molar refractivity (Wildman–Crippen MR) is 104 cm³/mol. The zero-order valence-corrected chi connectivity index (χ0v) is 15.5. The molecule has 0 saturated carbocycles. The van der Waals surface area contributed by atoms with Crippen molar-refractivity contribution >= 4 is 17.5 Å². The lowest BCUT2D eigenvalue weighted by atomic mass is 9.90. The van der Waals surface area contributed by atoms with Crippen LogP contribution in [0.1, 0.15) is 33.0 Å². The molecule has 2 heterocycles. The Kier molecular flexibility index (Phi) is 4.43. The van der Waals surface area contributed by atoms with Crippen molar-refractivity contribution in [2.24, 2.45) is 0 Å². The summed E-state index contributed by atoms with van der Waals surface area (Å²) >= 11 is 6.15. The molecular formula is C21H17ClN4O. The van der Waals surface area contributed by atoms with Crippen molar-refractivity contribution in [2.75, 3.05) is 13.1 Å². The molecule has 1 N–H and O–H groups in total. The minimum absolute atomic E-state index is 0.0146. The first-order chi connectivity index (χ1) is 13.1. The van der Waals surface area contributed by atoms with E-state index in [1.807, 2.05) is 54.3 Å². The summed E-state index contributed by atoms with van der Waals surface area (Å²) in [5.41, 5.74) is 5.19. The number of likely N-dealkylation sites (tertiary alicyclic amines) is 1. The number of amides is 1. The number of hydrogen-bond donors (Lipinski definition) is 1. The van der Waals surface area contributed by atoms with Crippen LogP contribution in [0.15, 0.2) is 48.7 Å². The normalized spacial score (nSPS) is 13.9. The fourth-order valence-corrected chi connectivity index (χ4v) is 3.57. The summed E-state index contributed by atoms with van der Waals surface area (Å²) < 4.78 is 0. The van der Waals surface area contributed by atoms with E-state index in [-0.39, 0.29) is 5.91 Å². The third-order valence-electron chi connectivity index (χ3n) is 5.05. The van der Waals surface area contributed by atoms with Crippen LogP contribution >= 0.6 is 11.6 Å². The number of hydrogen-bond acceptors (Lipinski definition) is 3. The molecule has 134 valence electrons. The van der Waals surface area contributed by atoms with Gasteiger partial charge in [-0.25, -0.2) is 0 Å². The number of carbonyl (C=O) groups is 1. The molecule has 1 aliphatic rings. The number of rotatable bonds is 3. The van der Waals surface area contributed by atoms with Crippen molar-refractivity contribution < 1.29 is 4.79 Å². The van der Waals surface area contributed by atoms with Gasteiger partial charge in [-0.15, -0.1) is 0 Å². The van der Waals surface area contributed by atoms with Gasteiger partial charge in [-0.1, -0.05) is 29.8 Å². The number of carbonyl (C=O) groups excluding carboxylic acids is 1. The van der Waals surface area contributed by atoms with Crippen LogP contribution in [0.2, 0.25) is 5.15 Å². The van der Waals surface area contributed by atoms with Crippen molar-refractivity contribution in [3.05, 3.63) is 76.1 Å². The van der Waals surface area contributed by atoms with E-state index in [0.717, 1.165) is 22.3 Å². The van der Waals surface area contributed by atoms with Gasteiger partial charge in [-0.2, -0.15) is 10.4 Å². The van der Waals surface area contributed by atoms with Crippen LogP contribution in [-0.4, -0.2) is 34.1 Å². The highest BCUT2D eigenvalue weighted by Gasteiger charge is 2.32. The Bertz CT molecular complexity index is 1040. The van der Waals surface area contributed by atoms with E-state index in [4.69, 9.17) is 16.9 Å². The van der Waals surface area contributed by atoms with E-state index >= 15 is 0 Å². The maximum absolute atomic E-state index is 12.8. The average molecular weight is 377 g/mol. The average Bonchev–Trinajstić information content (AvgIpc) is 3.07. The molecule has 0 unspecified atom stereocenters. The largest absolute Gasteiger partial charge is 0.337 e. The molecule has 2 aromatic carbocycles. The smallest absolute Gasteiger partial charge is 0.253 e. The summed E-state index contributed by atoms with van der Waals surface area (Å²) in [4.78, 5) is 14.7. The standard InChI is InChI=1S/C21H17ClN4O/c1-13-2-5-16(8-18(13)19-10-24-25-20(19)22)21(27)26-11-17(12-26)15-6-3-14(9-23)4-7-15/h2-8,10,17H,11-12H2,1H3,(H,24,25). The highest BCUT2D eigenvalue weighted by molar-refractivity contribution is 6.32. The lowest BCUT2D eigenvalue weighted by Crippen LogP contribution is -2.48. The molecule has 1 aromatic heterocycles. The third-order valence-corrected chi connectivity index (χ3v) is 5.34. The van der Waals surface area contributed by atoms with Gasteiger partial charge in [0.25, 0.3) is 5.91 Å². The molecule has 1 fully saturated rings. The highest BCUT2D eigenvalue weighted by atomic mass is 35.5. The van der Waals surface area contributed by atoms with E-state index in [1.165, 1.54) is 0 Å². The Morgan fingerprint density at radius 1 is 1.22 bits per heavy atom. The zero-order valence-electron chi connectivity index (χ0n) is 14.7. The lowest BCUT2D eigenvalue weighted by molar-refractivity contribution is 0.0602. The summed E-state index contributed by atoms with van der Waals surface area (Å²) in [7, 11) is 0. The number of aryl methyl sites for hydroxylation is 1. The maximum atomic E-state index is 12.8. The van der Waals surface area contributed by atoms with Gasteiger partial charge in [0.1, 0.15) is 5.15 Å². The molecule has 4 rings (SSSR count). The number of nitriles is 1. The first-order valence-electron chi connectivity index (χ1n) is 8.66. The number of nitrogens with one attached hydrogen (secondary N) is 1. The summed E-state index contributed by atoms with van der Waals surface area (Å²) in [6.07, 6.45) is 1.67. The molecule has 0 spiro atoms. The third kappa shape index (κ3) is 3.20. The highest BCUT2D eigenvalue weighted by Crippen LogP contribution is 2.32. The molecule has 1 saturated heterocycles. The fraction of sp³-hybridized carbons (Fsp3) is 0.190. The Hall–Kier alpha value is -3.10. The first-order valence-corrected chi connectivity index (χ1v) is 9.04. The van der Waals surface area contributed by atoms with Crippen LogP contribution in [0.4, 0.5) is 0 Å². The number of nitrogens with zero attached hydrogens (tertiary/aromatic N) is 3. The molecule has 27 heavy (non-hydrogen) atoms. The van der Waals surface area contributed by atoms with Crippen molar-refractivity contribution in [3.63, 3.8) is 0 Å². The second-order valence-electron chi connectivity index (χ2n) is 6.77. The molecule has 6 heteroatoms. The van der Waals surface area contributed by atoms with Crippen LogP contribution in [0, 0.1) is 18.3 Å². The van der Waals surface area contributed by atoms with Crippen LogP contribution < -0.4 is 0 Å². The number of H-pyrrole nitrogens is 1. The van der Waals surface area contributed by atoms with Crippen LogP contribution in [0.5, 0.6) is 0 Å². The van der Waals surface area contributed by atoms with Crippen LogP contribution in [0.3, 0.4) is 0 Å². The first kappa shape index (κ1) is 17.3. The summed E-state index contributed by atoms with van der Waals surface area (Å²) in [6, 6.07) is 15.4. The Morgan fingerprint density at radius 2 is 1.96 bits per heavy atom. The van der Waals surface area contributed by atoms with Gasteiger partial charge in [0.05, 0.1) is 17.8 Å². The predicted octanol–water partition coefficient (Wildman–Crippen LogP) is 4.15. The Morgan fingerprint density at radius 3 is 2.59 bits per heavy atom. The molecule has 0 aliphatic carbocycles. The minimum Gasteiger partial charge on any atom is -0.337 e. The quantitative estimate of drug-likeness (QED) is 0.746. The molecule has 0 bridgehead atoms. The van der Waals surface area contributed by atoms with Gasteiger partial charge in [0, 0.05) is 30.1 Å². The van der Waals surface area contributed by atoms with E-state index in [9.17, 15) is 4.79 Å². The Labute approximate surface area is 162 Å². The Balaban J connectivity index is 1.50. The van der Waals surface area contributed by atoms with Crippen molar-refractivity contribution in [1.29, 1.82) is 5.26 Å². The van der Waals surface area contributed by atoms with Gasteiger partial charge in [0.15, 0.2) is 0 Å². The molecule has 1 amide bonds. The van der Waals surface area contributed by atoms with Crippen molar-refractivity contribution in [3.8, 4) is 17.2 Å². The van der Waals surface area contributed by atoms with Crippen molar-refractivity contribution in [1.82, 2.24) is 15.1 Å². The second kappa shape index (κ2) is 6.90. The van der Waals surface area contributed by atoms with Crippen LogP contribution in [0.25, 0.3) is 11.1 Å². The monoisotopic (exact) mass is 376 g/mol. The second-order valence-corrected chi connectivity index (χ2v) is 7.15. The maximum Gasteiger partial charge on any atom is 0.253 e. The topological polar surface area (TPSA) is 72.8 Å². The molecule has 0 atom stereocenters. The number of aromatic amines is 1. The lowest BCUT2D eigenvalue weighted by Gasteiger charge is -2.39. The van der Waals surface area contributed by atoms with Crippen LogP contribution in [-0.2, 0) is 0 Å². The molecular weight excluding hydrogens is 360 g/mol. The van der Waals surface area contributed by atoms with E-state index in [1.54, 1.807) is 6.20 Å². The number of benzene rings is 2. The van der Waals surface area contributed by atoms with Gasteiger partial charge in [0.2, 0.25) is 0 Å². The summed E-state index contributed by atoms with van der Waals surface area (Å²) in [6.45, 7) is 3.35. The van der Waals surface area contributed by atoms with Gasteiger partial charge >= 0.3 is 0 Å². The zero-order chi connectivity index (χ0) is 19.0. The summed E-state index contributed by atoms with van der Waals surface area (Å²) in [5.74, 6) is 0.329. The van der Waals surface area contributed by atoms with Crippen molar-refractivity contribution in [2.45, 2.75) is 12.8 Å². The molecule has 0 radical (unpaired) electrons. The van der Waals surface area contributed by atoms with Gasteiger partial charge < -0.3 is 4.90 Å². The van der Waals surface area contributed by atoms with Gasteiger partial charge in [-0.3, -0.25) is 9.89 Å². The fourth-order valence-electron chi connectivity index (χ4n) is 3.37. The van der Waals surface area contributed by atoms with E-state index in [2.05, 4.69) is 16.3 Å². The number of halogens is 1. The van der Waals surface area contributed by atoms with E-state index in [0.29, 0.717) is 35.3 Å². The minimum atomic E-state index is 0.0146.